The zero-order chi connectivity index (χ0) is 13.1. The van der Waals surface area contributed by atoms with Gasteiger partial charge in [0, 0.05) is 6.54 Å². The van der Waals surface area contributed by atoms with E-state index in [0.717, 1.165) is 16.5 Å². The molecule has 2 heterocycles. The summed E-state index contributed by atoms with van der Waals surface area (Å²) in [7, 11) is 0. The van der Waals surface area contributed by atoms with Gasteiger partial charge in [-0.2, -0.15) is 5.10 Å². The van der Waals surface area contributed by atoms with Crippen molar-refractivity contribution in [3.05, 3.63) is 34.0 Å². The van der Waals surface area contributed by atoms with Crippen molar-refractivity contribution >= 4 is 17.2 Å². The lowest BCUT2D eigenvalue weighted by Gasteiger charge is -2.13. The predicted molar refractivity (Wildman–Crippen MR) is 70.9 cm³/mol. The highest BCUT2D eigenvalue weighted by atomic mass is 32.1. The molecule has 2 aromatic rings. The van der Waals surface area contributed by atoms with Gasteiger partial charge in [0.1, 0.15) is 11.6 Å². The molecule has 96 valence electrons. The second kappa shape index (κ2) is 5.30. The fraction of sp³-hybridized carbons (Fsp3) is 0.417. The molecule has 5 nitrogen and oxygen atoms in total. The number of carbonyl (C=O) groups is 1. The second-order valence-corrected chi connectivity index (χ2v) is 5.13. The summed E-state index contributed by atoms with van der Waals surface area (Å²) < 4.78 is 1.84. The Balaban J connectivity index is 1.94. The molecule has 0 fully saturated rings. The van der Waals surface area contributed by atoms with Gasteiger partial charge in [0.05, 0.1) is 10.9 Å². The van der Waals surface area contributed by atoms with Crippen LogP contribution in [0.25, 0.3) is 0 Å². The van der Waals surface area contributed by atoms with Gasteiger partial charge in [-0.1, -0.05) is 6.07 Å². The van der Waals surface area contributed by atoms with Crippen molar-refractivity contribution in [3.63, 3.8) is 0 Å². The molecular formula is C12H16N4OS. The van der Waals surface area contributed by atoms with Gasteiger partial charge in [0.15, 0.2) is 0 Å². The highest BCUT2D eigenvalue weighted by Crippen LogP contribution is 2.10. The Morgan fingerprint density at radius 2 is 2.33 bits per heavy atom. The van der Waals surface area contributed by atoms with Gasteiger partial charge in [-0.15, -0.1) is 11.3 Å². The Hall–Kier alpha value is -1.69. The minimum absolute atomic E-state index is 0.0358. The fourth-order valence-corrected chi connectivity index (χ4v) is 2.42. The molecule has 0 aliphatic rings. The zero-order valence-electron chi connectivity index (χ0n) is 10.7. The average molecular weight is 264 g/mol. The maximum Gasteiger partial charge on any atom is 0.261 e. The quantitative estimate of drug-likeness (QED) is 0.918. The number of amides is 1. The van der Waals surface area contributed by atoms with Crippen molar-refractivity contribution in [2.45, 2.75) is 26.8 Å². The van der Waals surface area contributed by atoms with Gasteiger partial charge in [-0.3, -0.25) is 4.79 Å². The number of carbonyl (C=O) groups excluding carboxylic acids is 1. The molecule has 18 heavy (non-hydrogen) atoms. The second-order valence-electron chi connectivity index (χ2n) is 4.19. The molecule has 1 N–H and O–H groups in total. The Morgan fingerprint density at radius 1 is 1.56 bits per heavy atom. The molecule has 1 unspecified atom stereocenters. The van der Waals surface area contributed by atoms with E-state index in [1.165, 1.54) is 11.3 Å². The average Bonchev–Trinajstić information content (AvgIpc) is 2.95. The molecular weight excluding hydrogens is 248 g/mol. The minimum Gasteiger partial charge on any atom is -0.349 e. The first-order chi connectivity index (χ1) is 8.58. The summed E-state index contributed by atoms with van der Waals surface area (Å²) in [5.41, 5.74) is 0. The molecule has 0 bridgehead atoms. The van der Waals surface area contributed by atoms with E-state index in [1.807, 2.05) is 43.0 Å². The number of aromatic nitrogens is 3. The van der Waals surface area contributed by atoms with Crippen LogP contribution in [0.2, 0.25) is 0 Å². The van der Waals surface area contributed by atoms with Crippen LogP contribution in [0.1, 0.15) is 34.3 Å². The van der Waals surface area contributed by atoms with E-state index in [9.17, 15) is 4.79 Å². The summed E-state index contributed by atoms with van der Waals surface area (Å²) in [6.45, 7) is 6.33. The molecule has 0 aromatic carbocycles. The Bertz CT molecular complexity index is 532. The van der Waals surface area contributed by atoms with Crippen LogP contribution in [0.3, 0.4) is 0 Å². The van der Waals surface area contributed by atoms with Gasteiger partial charge in [-0.25, -0.2) is 9.67 Å². The van der Waals surface area contributed by atoms with Gasteiger partial charge in [0.25, 0.3) is 5.91 Å². The number of hydrogen-bond acceptors (Lipinski definition) is 4. The summed E-state index contributed by atoms with van der Waals surface area (Å²) >= 11 is 1.44. The third-order valence-electron chi connectivity index (χ3n) is 2.63. The van der Waals surface area contributed by atoms with Crippen LogP contribution in [0.5, 0.6) is 0 Å². The zero-order valence-corrected chi connectivity index (χ0v) is 11.5. The van der Waals surface area contributed by atoms with Crippen LogP contribution in [0, 0.1) is 13.8 Å². The van der Waals surface area contributed by atoms with Gasteiger partial charge in [0.2, 0.25) is 0 Å². The number of rotatable bonds is 4. The van der Waals surface area contributed by atoms with E-state index in [0.29, 0.717) is 6.54 Å². The third kappa shape index (κ3) is 2.76. The number of hydrogen-bond donors (Lipinski definition) is 1. The van der Waals surface area contributed by atoms with E-state index in [2.05, 4.69) is 15.4 Å². The number of aryl methyl sites for hydroxylation is 2. The highest BCUT2D eigenvalue weighted by molar-refractivity contribution is 7.12. The Morgan fingerprint density at radius 3 is 2.89 bits per heavy atom. The van der Waals surface area contributed by atoms with E-state index in [1.54, 1.807) is 0 Å². The normalized spacial score (nSPS) is 12.4. The number of nitrogens with one attached hydrogen (secondary N) is 1. The molecule has 0 radical (unpaired) electrons. The van der Waals surface area contributed by atoms with Crippen LogP contribution in [0.4, 0.5) is 0 Å². The van der Waals surface area contributed by atoms with Crippen LogP contribution < -0.4 is 5.32 Å². The number of thiophene rings is 1. The summed E-state index contributed by atoms with van der Waals surface area (Å²) in [5, 5.41) is 9.10. The maximum atomic E-state index is 11.8. The maximum absolute atomic E-state index is 11.8. The Labute approximate surface area is 110 Å². The van der Waals surface area contributed by atoms with Crippen molar-refractivity contribution in [1.29, 1.82) is 0 Å². The van der Waals surface area contributed by atoms with Crippen LogP contribution >= 0.6 is 11.3 Å². The highest BCUT2D eigenvalue weighted by Gasteiger charge is 2.12. The van der Waals surface area contributed by atoms with E-state index in [-0.39, 0.29) is 11.9 Å². The summed E-state index contributed by atoms with van der Waals surface area (Å²) in [4.78, 5) is 16.8. The first kappa shape index (κ1) is 12.8. The summed E-state index contributed by atoms with van der Waals surface area (Å²) in [6, 6.07) is 3.78. The summed E-state index contributed by atoms with van der Waals surface area (Å²) in [5.74, 6) is 1.58. The topological polar surface area (TPSA) is 59.8 Å². The lowest BCUT2D eigenvalue weighted by Crippen LogP contribution is -2.29. The van der Waals surface area contributed by atoms with Crippen LogP contribution in [-0.2, 0) is 0 Å². The molecule has 0 saturated carbocycles. The Kier molecular flexibility index (Phi) is 3.76. The van der Waals surface area contributed by atoms with Gasteiger partial charge >= 0.3 is 0 Å². The molecule has 0 spiro atoms. The lowest BCUT2D eigenvalue weighted by atomic mass is 10.3. The first-order valence-corrected chi connectivity index (χ1v) is 6.67. The van der Waals surface area contributed by atoms with Crippen molar-refractivity contribution in [2.75, 3.05) is 6.54 Å². The molecule has 1 amide bonds. The molecule has 0 aliphatic heterocycles. The van der Waals surface area contributed by atoms with E-state index in [4.69, 9.17) is 0 Å². The van der Waals surface area contributed by atoms with Gasteiger partial charge < -0.3 is 5.32 Å². The molecule has 6 heteroatoms. The molecule has 2 rings (SSSR count). The standard InChI is InChI=1S/C12H16N4OS/c1-8(16-10(3)14-9(2)15-16)7-13-12(17)11-5-4-6-18-11/h4-6,8H,7H2,1-3H3,(H,13,17). The number of nitrogens with zero attached hydrogens (tertiary/aromatic N) is 3. The molecule has 0 aliphatic carbocycles. The van der Waals surface area contributed by atoms with Crippen molar-refractivity contribution in [2.24, 2.45) is 0 Å². The smallest absolute Gasteiger partial charge is 0.261 e. The molecule has 0 saturated heterocycles. The van der Waals surface area contributed by atoms with E-state index < -0.39 is 0 Å². The van der Waals surface area contributed by atoms with Crippen molar-refractivity contribution < 1.29 is 4.79 Å². The SMILES string of the molecule is Cc1nc(C)n(C(C)CNC(=O)c2cccs2)n1. The molecule has 2 aromatic heterocycles. The van der Waals surface area contributed by atoms with E-state index >= 15 is 0 Å². The first-order valence-electron chi connectivity index (χ1n) is 5.79. The van der Waals surface area contributed by atoms with Crippen LogP contribution in [0.15, 0.2) is 17.5 Å². The third-order valence-corrected chi connectivity index (χ3v) is 3.50. The fourth-order valence-electron chi connectivity index (χ4n) is 1.78. The van der Waals surface area contributed by atoms with Crippen molar-refractivity contribution in [1.82, 2.24) is 20.1 Å². The monoisotopic (exact) mass is 264 g/mol. The minimum atomic E-state index is -0.0358. The predicted octanol–water partition coefficient (Wildman–Crippen LogP) is 1.95. The lowest BCUT2D eigenvalue weighted by molar-refractivity contribution is 0.0952. The van der Waals surface area contributed by atoms with Crippen LogP contribution in [-0.4, -0.2) is 27.2 Å². The summed E-state index contributed by atoms with van der Waals surface area (Å²) in [6.07, 6.45) is 0. The van der Waals surface area contributed by atoms with Gasteiger partial charge in [-0.05, 0) is 32.2 Å². The van der Waals surface area contributed by atoms with Crippen molar-refractivity contribution in [3.8, 4) is 0 Å². The molecule has 1 atom stereocenters. The largest absolute Gasteiger partial charge is 0.349 e.